The lowest BCUT2D eigenvalue weighted by molar-refractivity contribution is -0.141. The zero-order chi connectivity index (χ0) is 18.1. The second-order valence-electron chi connectivity index (χ2n) is 6.70. The average molecular weight is 371 g/mol. The van der Waals surface area contributed by atoms with Gasteiger partial charge in [0.15, 0.2) is 0 Å². The van der Waals surface area contributed by atoms with Crippen molar-refractivity contribution in [3.63, 3.8) is 0 Å². The fourth-order valence-electron chi connectivity index (χ4n) is 3.53. The number of nitrogens with one attached hydrogen (secondary N) is 1. The average Bonchev–Trinajstić information content (AvgIpc) is 2.67. The first-order valence-electron chi connectivity index (χ1n) is 9.16. The monoisotopic (exact) mass is 370 g/mol. The molecule has 1 heterocycles. The van der Waals surface area contributed by atoms with Crippen molar-refractivity contribution in [1.82, 2.24) is 9.62 Å². The van der Waals surface area contributed by atoms with E-state index in [-0.39, 0.29) is 29.3 Å². The molecule has 0 radical (unpaired) electrons. The summed E-state index contributed by atoms with van der Waals surface area (Å²) in [5, 5.41) is -0.327. The van der Waals surface area contributed by atoms with Crippen LogP contribution < -0.4 is 4.72 Å². The van der Waals surface area contributed by atoms with E-state index < -0.39 is 0 Å². The summed E-state index contributed by atoms with van der Waals surface area (Å²) in [7, 11) is 1.41. The van der Waals surface area contributed by atoms with Crippen molar-refractivity contribution < 1.29 is 19.1 Å². The highest BCUT2D eigenvalue weighted by atomic mass is 32.2. The van der Waals surface area contributed by atoms with Crippen molar-refractivity contribution >= 4 is 23.9 Å². The van der Waals surface area contributed by atoms with Crippen LogP contribution in [0.15, 0.2) is 12.7 Å². The Hall–Kier alpha value is -1.21. The Morgan fingerprint density at radius 3 is 2.72 bits per heavy atom. The maximum Gasteiger partial charge on any atom is 0.327 e. The van der Waals surface area contributed by atoms with Gasteiger partial charge < -0.3 is 14.4 Å². The van der Waals surface area contributed by atoms with Crippen LogP contribution in [-0.4, -0.2) is 55.1 Å². The normalized spacial score (nSPS) is 22.9. The molecule has 2 rings (SSSR count). The fourth-order valence-corrected chi connectivity index (χ4v) is 4.55. The van der Waals surface area contributed by atoms with Gasteiger partial charge in [0, 0.05) is 13.1 Å². The van der Waals surface area contributed by atoms with Gasteiger partial charge in [-0.3, -0.25) is 9.52 Å². The molecule has 2 fully saturated rings. The standard InChI is InChI=1S/C18H30N2O4S/c1-3-12-24-15-10-7-11-20(13-15)18(22)19-25-16(17(21)23-2)14-8-5-4-6-9-14/h3,14-16H,1,4-13H2,2H3,(H,19,22). The molecule has 2 amide bonds. The summed E-state index contributed by atoms with van der Waals surface area (Å²) in [6, 6.07) is -0.151. The van der Waals surface area contributed by atoms with Gasteiger partial charge in [-0.1, -0.05) is 25.3 Å². The number of piperidine rings is 1. The first-order valence-corrected chi connectivity index (χ1v) is 10.0. The molecule has 0 aromatic heterocycles. The highest BCUT2D eigenvalue weighted by molar-refractivity contribution is 7.99. The molecule has 25 heavy (non-hydrogen) atoms. The van der Waals surface area contributed by atoms with Crippen molar-refractivity contribution in [3.8, 4) is 0 Å². The molecule has 7 heteroatoms. The van der Waals surface area contributed by atoms with E-state index in [0.29, 0.717) is 19.7 Å². The van der Waals surface area contributed by atoms with Crippen LogP contribution >= 0.6 is 11.9 Å². The zero-order valence-electron chi connectivity index (χ0n) is 15.1. The van der Waals surface area contributed by atoms with Gasteiger partial charge in [0.1, 0.15) is 5.25 Å². The molecule has 2 aliphatic rings. The van der Waals surface area contributed by atoms with Crippen molar-refractivity contribution in [2.45, 2.75) is 56.3 Å². The molecule has 0 aromatic carbocycles. The lowest BCUT2D eigenvalue weighted by atomic mass is 9.87. The molecule has 2 unspecified atom stereocenters. The first kappa shape index (κ1) is 20.1. The number of carbonyl (C=O) groups excluding carboxylic acids is 2. The van der Waals surface area contributed by atoms with E-state index in [0.717, 1.165) is 38.5 Å². The van der Waals surface area contributed by atoms with E-state index in [2.05, 4.69) is 11.3 Å². The Morgan fingerprint density at radius 1 is 1.28 bits per heavy atom. The summed E-state index contributed by atoms with van der Waals surface area (Å²) in [5.74, 6) is 0.0274. The molecular weight excluding hydrogens is 340 g/mol. The van der Waals surface area contributed by atoms with Crippen molar-refractivity contribution in [3.05, 3.63) is 12.7 Å². The minimum Gasteiger partial charge on any atom is -0.468 e. The Labute approximate surface area is 154 Å². The Kier molecular flexibility index (Phi) is 8.61. The van der Waals surface area contributed by atoms with Crippen molar-refractivity contribution in [1.29, 1.82) is 0 Å². The summed E-state index contributed by atoms with van der Waals surface area (Å²) in [4.78, 5) is 26.4. The number of esters is 1. The van der Waals surface area contributed by atoms with Crippen LogP contribution in [0.3, 0.4) is 0 Å². The number of nitrogens with zero attached hydrogens (tertiary/aromatic N) is 1. The second kappa shape index (κ2) is 10.7. The van der Waals surface area contributed by atoms with Gasteiger partial charge >= 0.3 is 12.0 Å². The molecule has 1 N–H and O–H groups in total. The molecule has 6 nitrogen and oxygen atoms in total. The van der Waals surface area contributed by atoms with Crippen LogP contribution in [0.4, 0.5) is 4.79 Å². The largest absolute Gasteiger partial charge is 0.468 e. The van der Waals surface area contributed by atoms with Crippen LogP contribution in [0, 0.1) is 5.92 Å². The van der Waals surface area contributed by atoms with E-state index in [1.807, 2.05) is 0 Å². The number of likely N-dealkylation sites (tertiary alicyclic amines) is 1. The van der Waals surface area contributed by atoms with Gasteiger partial charge in [0.2, 0.25) is 0 Å². The molecule has 1 saturated heterocycles. The summed E-state index contributed by atoms with van der Waals surface area (Å²) < 4.78 is 13.5. The molecule has 1 saturated carbocycles. The van der Waals surface area contributed by atoms with Gasteiger partial charge in [-0.05, 0) is 43.5 Å². The van der Waals surface area contributed by atoms with E-state index in [9.17, 15) is 9.59 Å². The molecule has 0 spiro atoms. The van der Waals surface area contributed by atoms with Crippen molar-refractivity contribution in [2.24, 2.45) is 5.92 Å². The van der Waals surface area contributed by atoms with E-state index in [1.165, 1.54) is 25.5 Å². The third-order valence-corrected chi connectivity index (χ3v) is 6.02. The van der Waals surface area contributed by atoms with Gasteiger partial charge in [-0.15, -0.1) is 6.58 Å². The second-order valence-corrected chi connectivity index (χ2v) is 7.65. The van der Waals surface area contributed by atoms with Crippen LogP contribution in [0.5, 0.6) is 0 Å². The van der Waals surface area contributed by atoms with Gasteiger partial charge in [0.25, 0.3) is 0 Å². The zero-order valence-corrected chi connectivity index (χ0v) is 15.9. The molecule has 142 valence electrons. The molecule has 1 aliphatic heterocycles. The topological polar surface area (TPSA) is 67.9 Å². The summed E-state index contributed by atoms with van der Waals surface area (Å²) in [6.07, 6.45) is 9.19. The van der Waals surface area contributed by atoms with E-state index >= 15 is 0 Å². The number of carbonyl (C=O) groups is 2. The lowest BCUT2D eigenvalue weighted by Crippen LogP contribution is -2.47. The minimum atomic E-state index is -0.327. The number of hydrogen-bond donors (Lipinski definition) is 1. The SMILES string of the molecule is C=CCOC1CCCN(C(=O)NSC(C(=O)OC)C2CCCCC2)C1. The summed E-state index contributed by atoms with van der Waals surface area (Å²) >= 11 is 1.21. The maximum absolute atomic E-state index is 12.5. The first-order chi connectivity index (χ1) is 12.2. The molecule has 1 aliphatic carbocycles. The Morgan fingerprint density at radius 2 is 2.04 bits per heavy atom. The van der Waals surface area contributed by atoms with Crippen LogP contribution in [0.2, 0.25) is 0 Å². The number of methoxy groups -OCH3 is 1. The quantitative estimate of drug-likeness (QED) is 0.424. The smallest absolute Gasteiger partial charge is 0.327 e. The van der Waals surface area contributed by atoms with Gasteiger partial charge in [-0.2, -0.15) is 0 Å². The third-order valence-electron chi connectivity index (χ3n) is 4.90. The van der Waals surface area contributed by atoms with Gasteiger partial charge in [-0.25, -0.2) is 4.79 Å². The predicted octanol–water partition coefficient (Wildman–Crippen LogP) is 3.13. The number of urea groups is 1. The lowest BCUT2D eigenvalue weighted by Gasteiger charge is -2.33. The predicted molar refractivity (Wildman–Crippen MR) is 99.2 cm³/mol. The number of rotatable bonds is 7. The third kappa shape index (κ3) is 6.22. The fraction of sp³-hybridized carbons (Fsp3) is 0.778. The molecule has 0 bridgehead atoms. The van der Waals surface area contributed by atoms with Crippen molar-refractivity contribution in [2.75, 3.05) is 26.8 Å². The van der Waals surface area contributed by atoms with E-state index in [4.69, 9.17) is 9.47 Å². The number of hydrogen-bond acceptors (Lipinski definition) is 5. The number of ether oxygens (including phenoxy) is 2. The Balaban J connectivity index is 1.84. The van der Waals surface area contributed by atoms with Crippen LogP contribution in [-0.2, 0) is 14.3 Å². The van der Waals surface area contributed by atoms with Crippen LogP contribution in [0.1, 0.15) is 44.9 Å². The summed E-state index contributed by atoms with van der Waals surface area (Å²) in [6.45, 7) is 5.44. The van der Waals surface area contributed by atoms with Gasteiger partial charge in [0.05, 0.1) is 19.8 Å². The minimum absolute atomic E-state index is 0.0530. The molecule has 0 aromatic rings. The molecular formula is C18H30N2O4S. The maximum atomic E-state index is 12.5. The highest BCUT2D eigenvalue weighted by Crippen LogP contribution is 2.32. The van der Waals surface area contributed by atoms with Crippen LogP contribution in [0.25, 0.3) is 0 Å². The number of amides is 2. The Bertz CT molecular complexity index is 454. The summed E-state index contributed by atoms with van der Waals surface area (Å²) in [5.41, 5.74) is 0. The highest BCUT2D eigenvalue weighted by Gasteiger charge is 2.32. The molecule has 2 atom stereocenters. The van der Waals surface area contributed by atoms with E-state index in [1.54, 1.807) is 11.0 Å².